The van der Waals surface area contributed by atoms with Crippen LogP contribution in [0, 0.1) is 13.8 Å². The van der Waals surface area contributed by atoms with Crippen LogP contribution in [0.5, 0.6) is 0 Å². The van der Waals surface area contributed by atoms with Gasteiger partial charge < -0.3 is 4.90 Å². The van der Waals surface area contributed by atoms with E-state index in [1.165, 1.54) is 0 Å². The smallest absolute Gasteiger partial charge is 0.261 e. The first-order chi connectivity index (χ1) is 14.3. The van der Waals surface area contributed by atoms with Crippen molar-refractivity contribution in [2.75, 3.05) is 9.62 Å². The number of carbonyl (C=O) groups excluding carboxylic acids is 1. The molecule has 1 atom stereocenters. The van der Waals surface area contributed by atoms with E-state index >= 15 is 0 Å². The van der Waals surface area contributed by atoms with Crippen molar-refractivity contribution in [1.82, 2.24) is 0 Å². The topological polar surface area (TPSA) is 66.5 Å². The Kier molecular flexibility index (Phi) is 5.12. The highest BCUT2D eigenvalue weighted by molar-refractivity contribution is 7.92. The van der Waals surface area contributed by atoms with Crippen LogP contribution in [0.3, 0.4) is 0 Å². The molecular weight excluding hydrogens is 396 g/mol. The van der Waals surface area contributed by atoms with Gasteiger partial charge in [-0.1, -0.05) is 24.3 Å². The second-order valence-electron chi connectivity index (χ2n) is 7.79. The summed E-state index contributed by atoms with van der Waals surface area (Å²) in [7, 11) is -3.73. The summed E-state index contributed by atoms with van der Waals surface area (Å²) in [6, 6.07) is 19.5. The highest BCUT2D eigenvalue weighted by atomic mass is 32.2. The molecule has 0 unspecified atom stereocenters. The Hall–Kier alpha value is -3.12. The van der Waals surface area contributed by atoms with E-state index in [9.17, 15) is 13.2 Å². The number of amides is 1. The van der Waals surface area contributed by atoms with E-state index in [4.69, 9.17) is 0 Å². The number of fused-ring (bicyclic) bond motifs is 1. The minimum Gasteiger partial charge on any atom is -0.305 e. The molecule has 1 amide bonds. The minimum absolute atomic E-state index is 0.0432. The van der Waals surface area contributed by atoms with Crippen LogP contribution in [-0.2, 0) is 16.4 Å². The zero-order chi connectivity index (χ0) is 21.5. The Morgan fingerprint density at radius 3 is 2.40 bits per heavy atom. The first-order valence-corrected chi connectivity index (χ1v) is 11.4. The number of nitrogens with one attached hydrogen (secondary N) is 1. The molecule has 6 heteroatoms. The van der Waals surface area contributed by atoms with Crippen molar-refractivity contribution in [3.63, 3.8) is 0 Å². The molecule has 0 bridgehead atoms. The van der Waals surface area contributed by atoms with Crippen molar-refractivity contribution in [1.29, 1.82) is 0 Å². The third-order valence-electron chi connectivity index (χ3n) is 5.58. The summed E-state index contributed by atoms with van der Waals surface area (Å²) < 4.78 is 28.5. The summed E-state index contributed by atoms with van der Waals surface area (Å²) >= 11 is 0. The summed E-state index contributed by atoms with van der Waals surface area (Å²) in [5.41, 5.74) is 4.90. The molecule has 0 saturated heterocycles. The van der Waals surface area contributed by atoms with Gasteiger partial charge in [-0.2, -0.15) is 0 Å². The maximum absolute atomic E-state index is 13.0. The molecular formula is C24H24N2O3S. The fourth-order valence-electron chi connectivity index (χ4n) is 3.82. The predicted octanol–water partition coefficient (Wildman–Crippen LogP) is 4.70. The number of rotatable bonds is 4. The van der Waals surface area contributed by atoms with Crippen LogP contribution in [0.15, 0.2) is 71.6 Å². The maximum atomic E-state index is 13.0. The van der Waals surface area contributed by atoms with Gasteiger partial charge in [-0.05, 0) is 86.3 Å². The molecule has 154 valence electrons. The second-order valence-corrected chi connectivity index (χ2v) is 9.47. The molecule has 0 spiro atoms. The van der Waals surface area contributed by atoms with Crippen LogP contribution < -0.4 is 9.62 Å². The molecule has 0 radical (unpaired) electrons. The number of nitrogens with zero attached hydrogens (tertiary/aromatic N) is 1. The standard InChI is InChI=1S/C24H24N2O3S/c1-16-9-10-21(13-17(16)2)25-30(28,29)22-11-12-23-20(15-22)14-18(3)26(23)24(27)19-7-5-4-6-8-19/h4-13,15,18,25H,14H2,1-3H3/t18-/m1/s1. The number of aryl methyl sites for hydroxylation is 2. The van der Waals surface area contributed by atoms with Gasteiger partial charge in [0.1, 0.15) is 0 Å². The van der Waals surface area contributed by atoms with Crippen molar-refractivity contribution in [2.45, 2.75) is 38.1 Å². The highest BCUT2D eigenvalue weighted by Crippen LogP contribution is 2.35. The van der Waals surface area contributed by atoms with E-state index in [0.29, 0.717) is 17.7 Å². The second kappa shape index (κ2) is 7.61. The first kappa shape index (κ1) is 20.2. The van der Waals surface area contributed by atoms with Crippen LogP contribution in [0.4, 0.5) is 11.4 Å². The molecule has 5 nitrogen and oxygen atoms in total. The number of hydrogen-bond donors (Lipinski definition) is 1. The molecule has 0 aliphatic carbocycles. The largest absolute Gasteiger partial charge is 0.305 e. The Morgan fingerprint density at radius 1 is 0.967 bits per heavy atom. The number of sulfonamides is 1. The van der Waals surface area contributed by atoms with Crippen molar-refractivity contribution >= 4 is 27.3 Å². The molecule has 3 aromatic carbocycles. The third-order valence-corrected chi connectivity index (χ3v) is 6.95. The van der Waals surface area contributed by atoms with Crippen LogP contribution in [-0.4, -0.2) is 20.4 Å². The Balaban J connectivity index is 1.63. The van der Waals surface area contributed by atoms with Gasteiger partial charge in [-0.15, -0.1) is 0 Å². The molecule has 1 heterocycles. The molecule has 3 aromatic rings. The lowest BCUT2D eigenvalue weighted by Gasteiger charge is -2.23. The summed E-state index contributed by atoms with van der Waals surface area (Å²) in [5, 5.41) is 0. The van der Waals surface area contributed by atoms with Crippen molar-refractivity contribution in [3.05, 3.63) is 89.0 Å². The number of hydrogen-bond acceptors (Lipinski definition) is 3. The monoisotopic (exact) mass is 420 g/mol. The van der Waals surface area contributed by atoms with Gasteiger partial charge in [0.05, 0.1) is 4.90 Å². The van der Waals surface area contributed by atoms with E-state index in [1.54, 1.807) is 41.3 Å². The third kappa shape index (κ3) is 3.71. The summed E-state index contributed by atoms with van der Waals surface area (Å²) in [6.45, 7) is 5.91. The van der Waals surface area contributed by atoms with E-state index in [0.717, 1.165) is 22.4 Å². The van der Waals surface area contributed by atoms with E-state index in [-0.39, 0.29) is 16.8 Å². The average Bonchev–Trinajstić information content (AvgIpc) is 3.05. The number of carbonyl (C=O) groups is 1. The Labute approximate surface area is 177 Å². The predicted molar refractivity (Wildman–Crippen MR) is 120 cm³/mol. The van der Waals surface area contributed by atoms with Crippen LogP contribution >= 0.6 is 0 Å². The molecule has 1 N–H and O–H groups in total. The van der Waals surface area contributed by atoms with Crippen LogP contribution in [0.25, 0.3) is 0 Å². The molecule has 4 rings (SSSR count). The van der Waals surface area contributed by atoms with E-state index in [2.05, 4.69) is 4.72 Å². The van der Waals surface area contributed by atoms with Crippen LogP contribution in [0.1, 0.15) is 34.0 Å². The summed E-state index contributed by atoms with van der Waals surface area (Å²) in [4.78, 5) is 14.9. The van der Waals surface area contributed by atoms with Gasteiger partial charge >= 0.3 is 0 Å². The zero-order valence-electron chi connectivity index (χ0n) is 17.2. The molecule has 0 fully saturated rings. The zero-order valence-corrected chi connectivity index (χ0v) is 18.0. The lowest BCUT2D eigenvalue weighted by molar-refractivity contribution is 0.0981. The SMILES string of the molecule is Cc1ccc(NS(=O)(=O)c2ccc3c(c2)C[C@@H](C)N3C(=O)c2ccccc2)cc1C. The molecule has 0 saturated carbocycles. The van der Waals surface area contributed by atoms with Crippen molar-refractivity contribution in [2.24, 2.45) is 0 Å². The Bertz CT molecular complexity index is 1220. The quantitative estimate of drug-likeness (QED) is 0.666. The molecule has 0 aromatic heterocycles. The average molecular weight is 421 g/mol. The highest BCUT2D eigenvalue weighted by Gasteiger charge is 2.32. The summed E-state index contributed by atoms with van der Waals surface area (Å²) in [5.74, 6) is -0.0780. The van der Waals surface area contributed by atoms with E-state index in [1.807, 2.05) is 51.1 Å². The fraction of sp³-hybridized carbons (Fsp3) is 0.208. The number of anilines is 2. The molecule has 1 aliphatic heterocycles. The van der Waals surface area contributed by atoms with Gasteiger partial charge in [0.15, 0.2) is 0 Å². The normalized spacial score (nSPS) is 15.7. The van der Waals surface area contributed by atoms with Crippen molar-refractivity contribution in [3.8, 4) is 0 Å². The van der Waals surface area contributed by atoms with Gasteiger partial charge in [-0.3, -0.25) is 9.52 Å². The van der Waals surface area contributed by atoms with Gasteiger partial charge in [0.25, 0.3) is 15.9 Å². The van der Waals surface area contributed by atoms with Gasteiger partial charge in [0.2, 0.25) is 0 Å². The molecule has 30 heavy (non-hydrogen) atoms. The summed E-state index contributed by atoms with van der Waals surface area (Å²) in [6.07, 6.45) is 0.612. The van der Waals surface area contributed by atoms with Crippen molar-refractivity contribution < 1.29 is 13.2 Å². The fourth-order valence-corrected chi connectivity index (χ4v) is 4.92. The van der Waals surface area contributed by atoms with Crippen LogP contribution in [0.2, 0.25) is 0 Å². The van der Waals surface area contributed by atoms with Gasteiger partial charge in [0, 0.05) is 23.0 Å². The van der Waals surface area contributed by atoms with Gasteiger partial charge in [-0.25, -0.2) is 8.42 Å². The van der Waals surface area contributed by atoms with E-state index < -0.39 is 10.0 Å². The lowest BCUT2D eigenvalue weighted by Crippen LogP contribution is -2.35. The molecule has 1 aliphatic rings. The first-order valence-electron chi connectivity index (χ1n) is 9.88. The number of benzene rings is 3. The minimum atomic E-state index is -3.73. The lowest BCUT2D eigenvalue weighted by atomic mass is 10.1. The Morgan fingerprint density at radius 2 is 1.70 bits per heavy atom. The maximum Gasteiger partial charge on any atom is 0.261 e.